The number of ether oxygens (including phenoxy) is 2. The van der Waals surface area contributed by atoms with Gasteiger partial charge in [0.15, 0.2) is 11.5 Å². The van der Waals surface area contributed by atoms with Crippen molar-refractivity contribution in [2.24, 2.45) is 11.7 Å². The molecule has 3 aromatic rings. The van der Waals surface area contributed by atoms with Gasteiger partial charge in [0.05, 0.1) is 30.7 Å². The summed E-state index contributed by atoms with van der Waals surface area (Å²) in [6.07, 6.45) is 0.848. The molecule has 4 rings (SSSR count). The van der Waals surface area contributed by atoms with Crippen molar-refractivity contribution in [3.63, 3.8) is 0 Å². The number of nitrogens with zero attached hydrogens (tertiary/aromatic N) is 2. The topological polar surface area (TPSA) is 108 Å². The van der Waals surface area contributed by atoms with Gasteiger partial charge in [-0.3, -0.25) is 14.2 Å². The molecule has 1 aromatic heterocycles. The van der Waals surface area contributed by atoms with Crippen LogP contribution in [0, 0.1) is 5.92 Å². The summed E-state index contributed by atoms with van der Waals surface area (Å²) in [6, 6.07) is 13.0. The van der Waals surface area contributed by atoms with Gasteiger partial charge in [-0.15, -0.1) is 0 Å². The minimum Gasteiger partial charge on any atom is -0.490 e. The monoisotopic (exact) mass is 436 g/mol. The van der Waals surface area contributed by atoms with E-state index in [1.54, 1.807) is 18.2 Å². The van der Waals surface area contributed by atoms with Crippen LogP contribution in [-0.4, -0.2) is 28.7 Å². The first-order valence-corrected chi connectivity index (χ1v) is 10.8. The summed E-state index contributed by atoms with van der Waals surface area (Å²) in [7, 11) is 0. The molecular formula is C24H28N4O4. The van der Waals surface area contributed by atoms with Gasteiger partial charge in [0.2, 0.25) is 5.91 Å². The molecule has 0 saturated heterocycles. The van der Waals surface area contributed by atoms with Crippen molar-refractivity contribution >= 4 is 16.8 Å². The molecule has 0 spiro atoms. The van der Waals surface area contributed by atoms with Gasteiger partial charge in [0.1, 0.15) is 12.4 Å². The maximum absolute atomic E-state index is 13.0. The van der Waals surface area contributed by atoms with Gasteiger partial charge >= 0.3 is 0 Å². The number of fused-ring (bicyclic) bond motifs is 2. The Kier molecular flexibility index (Phi) is 6.41. The van der Waals surface area contributed by atoms with Crippen LogP contribution in [0.25, 0.3) is 10.9 Å². The molecule has 1 aliphatic heterocycles. The molecule has 0 aliphatic carbocycles. The van der Waals surface area contributed by atoms with Crippen LogP contribution < -0.4 is 26.1 Å². The molecule has 0 radical (unpaired) electrons. The number of aromatic nitrogens is 2. The number of amides is 1. The Morgan fingerprint density at radius 1 is 1.16 bits per heavy atom. The Bertz CT molecular complexity index is 1190. The number of primary amides is 1. The molecule has 1 amide bonds. The molecule has 0 bridgehead atoms. The van der Waals surface area contributed by atoms with E-state index in [-0.39, 0.29) is 24.1 Å². The molecule has 8 nitrogen and oxygen atoms in total. The van der Waals surface area contributed by atoms with E-state index in [1.165, 1.54) is 4.57 Å². The van der Waals surface area contributed by atoms with Crippen LogP contribution in [0.4, 0.5) is 0 Å². The summed E-state index contributed by atoms with van der Waals surface area (Å²) in [6.45, 7) is 5.57. The number of hydrogen-bond acceptors (Lipinski definition) is 6. The van der Waals surface area contributed by atoms with E-state index in [2.05, 4.69) is 24.1 Å². The Morgan fingerprint density at radius 3 is 2.66 bits per heavy atom. The fraction of sp³-hybridized carbons (Fsp3) is 0.375. The molecule has 168 valence electrons. The highest BCUT2D eigenvalue weighted by Crippen LogP contribution is 2.34. The fourth-order valence-corrected chi connectivity index (χ4v) is 3.98. The first-order chi connectivity index (χ1) is 15.4. The van der Waals surface area contributed by atoms with Crippen LogP contribution in [-0.2, 0) is 17.9 Å². The maximum atomic E-state index is 13.0. The molecule has 0 saturated carbocycles. The summed E-state index contributed by atoms with van der Waals surface area (Å²) in [5.74, 6) is 1.61. The number of hydrogen-bond donors (Lipinski definition) is 2. The average molecular weight is 437 g/mol. The third-order valence-corrected chi connectivity index (χ3v) is 5.53. The second-order valence-corrected chi connectivity index (χ2v) is 8.26. The molecule has 3 N–H and O–H groups in total. The zero-order valence-corrected chi connectivity index (χ0v) is 18.3. The Hall–Kier alpha value is -3.39. The van der Waals surface area contributed by atoms with Gasteiger partial charge in [-0.2, -0.15) is 0 Å². The minimum absolute atomic E-state index is 0.0300. The van der Waals surface area contributed by atoms with Crippen LogP contribution >= 0.6 is 0 Å². The summed E-state index contributed by atoms with van der Waals surface area (Å²) >= 11 is 0. The quantitative estimate of drug-likeness (QED) is 0.589. The normalized spacial score (nSPS) is 14.3. The van der Waals surface area contributed by atoms with E-state index in [4.69, 9.17) is 15.2 Å². The third kappa shape index (κ3) is 4.60. The lowest BCUT2D eigenvalue weighted by Gasteiger charge is -2.24. The number of nitrogens with two attached hydrogens (primary N) is 1. The summed E-state index contributed by atoms with van der Waals surface area (Å²) in [4.78, 5) is 29.3. The molecule has 0 unspecified atom stereocenters. The molecule has 1 aliphatic rings. The first kappa shape index (κ1) is 21.8. The van der Waals surface area contributed by atoms with E-state index >= 15 is 0 Å². The highest BCUT2D eigenvalue weighted by molar-refractivity contribution is 5.78. The highest BCUT2D eigenvalue weighted by atomic mass is 16.5. The molecule has 32 heavy (non-hydrogen) atoms. The Balaban J connectivity index is 1.65. The van der Waals surface area contributed by atoms with Gasteiger partial charge in [0.25, 0.3) is 5.56 Å². The van der Waals surface area contributed by atoms with Crippen molar-refractivity contribution in [2.45, 2.75) is 39.4 Å². The number of rotatable bonds is 7. The van der Waals surface area contributed by atoms with Crippen molar-refractivity contribution in [1.29, 1.82) is 0 Å². The highest BCUT2D eigenvalue weighted by Gasteiger charge is 2.21. The van der Waals surface area contributed by atoms with E-state index in [0.717, 1.165) is 23.5 Å². The number of carbonyl (C=O) groups is 1. The zero-order valence-electron chi connectivity index (χ0n) is 18.3. The van der Waals surface area contributed by atoms with Gasteiger partial charge in [-0.1, -0.05) is 32.0 Å². The second kappa shape index (κ2) is 9.40. The summed E-state index contributed by atoms with van der Waals surface area (Å²) < 4.78 is 12.9. The lowest BCUT2D eigenvalue weighted by atomic mass is 9.95. The van der Waals surface area contributed by atoms with E-state index < -0.39 is 5.91 Å². The van der Waals surface area contributed by atoms with E-state index in [0.29, 0.717) is 36.5 Å². The van der Waals surface area contributed by atoms with Crippen molar-refractivity contribution in [3.05, 3.63) is 64.2 Å². The van der Waals surface area contributed by atoms with Crippen molar-refractivity contribution in [2.75, 3.05) is 13.2 Å². The van der Waals surface area contributed by atoms with E-state index in [9.17, 15) is 9.59 Å². The number of nitrogens with one attached hydrogen (secondary N) is 1. The summed E-state index contributed by atoms with van der Waals surface area (Å²) in [5.41, 5.74) is 6.77. The summed E-state index contributed by atoms with van der Waals surface area (Å²) in [5, 5.41) is 3.97. The minimum atomic E-state index is -0.589. The van der Waals surface area contributed by atoms with Crippen LogP contribution in [0.15, 0.2) is 47.3 Å². The average Bonchev–Trinajstić information content (AvgIpc) is 3.01. The predicted molar refractivity (Wildman–Crippen MR) is 122 cm³/mol. The number of para-hydroxylation sites is 1. The van der Waals surface area contributed by atoms with E-state index in [1.807, 2.05) is 24.3 Å². The lowest BCUT2D eigenvalue weighted by molar-refractivity contribution is -0.118. The molecule has 8 heteroatoms. The van der Waals surface area contributed by atoms with Crippen LogP contribution in [0.5, 0.6) is 11.5 Å². The number of carbonyl (C=O) groups excluding carboxylic acids is 1. The van der Waals surface area contributed by atoms with Gasteiger partial charge in [-0.25, -0.2) is 4.98 Å². The third-order valence-electron chi connectivity index (χ3n) is 5.53. The predicted octanol–water partition coefficient (Wildman–Crippen LogP) is 2.53. The maximum Gasteiger partial charge on any atom is 0.261 e. The zero-order chi connectivity index (χ0) is 22.7. The molecule has 2 aromatic carbocycles. The molecule has 2 heterocycles. The smallest absolute Gasteiger partial charge is 0.261 e. The number of benzene rings is 2. The Morgan fingerprint density at radius 2 is 1.91 bits per heavy atom. The van der Waals surface area contributed by atoms with Crippen molar-refractivity contribution < 1.29 is 14.3 Å². The molecule has 0 fully saturated rings. The lowest BCUT2D eigenvalue weighted by Crippen LogP contribution is -2.34. The van der Waals surface area contributed by atoms with Crippen molar-refractivity contribution in [1.82, 2.24) is 14.9 Å². The van der Waals surface area contributed by atoms with Crippen molar-refractivity contribution in [3.8, 4) is 11.5 Å². The largest absolute Gasteiger partial charge is 0.490 e. The molecule has 1 atom stereocenters. The fourth-order valence-electron chi connectivity index (χ4n) is 3.98. The van der Waals surface area contributed by atoms with Crippen LogP contribution in [0.1, 0.15) is 37.7 Å². The van der Waals surface area contributed by atoms with Crippen LogP contribution in [0.3, 0.4) is 0 Å². The van der Waals surface area contributed by atoms with Gasteiger partial charge in [0, 0.05) is 12.5 Å². The Labute approximate surface area is 186 Å². The first-order valence-electron chi connectivity index (χ1n) is 10.8. The second-order valence-electron chi connectivity index (χ2n) is 8.26. The van der Waals surface area contributed by atoms with Gasteiger partial charge in [-0.05, 0) is 35.7 Å². The SMILES string of the molecule is CC(C)[C@@H](NCc1nc2ccccc2c(=O)n1CC(N)=O)c1ccc2c(c1)OCCCO2. The molecular weight excluding hydrogens is 408 g/mol. The van der Waals surface area contributed by atoms with Gasteiger partial charge < -0.3 is 20.5 Å². The standard InChI is InChI=1S/C24H28N4O4/c1-15(2)23(16-8-9-19-20(12-16)32-11-5-10-31-19)26-13-22-27-18-7-4-3-6-17(18)24(30)28(22)14-21(25)29/h3-4,6-9,12,15,23,26H,5,10-11,13-14H2,1-2H3,(H2,25,29)/t23-/m1/s1. The van der Waals surface area contributed by atoms with Crippen LogP contribution in [0.2, 0.25) is 0 Å².